The standard InChI is InChI=1S/C17H24O3.C3H7NO5/c1-12-9-14(11-17(2,3)10-12)20-16(19)15(18)13-7-5-4-6-8-13;5-1-2(6)3(7)4(8)9/h4-8,12,14-15,18H,9-11H2,1-3H3;2-3,5-7H,1H2. The van der Waals surface area contributed by atoms with E-state index in [1.165, 1.54) is 0 Å². The lowest BCUT2D eigenvalue weighted by Crippen LogP contribution is -2.35. The van der Waals surface area contributed by atoms with E-state index in [2.05, 4.69) is 20.8 Å². The van der Waals surface area contributed by atoms with Crippen molar-refractivity contribution >= 4 is 5.97 Å². The number of aliphatic hydroxyl groups excluding tert-OH is 4. The Kier molecular flexibility index (Phi) is 9.64. The molecule has 0 aromatic heterocycles. The Bertz CT molecular complexity index is 651. The predicted octanol–water partition coefficient (Wildman–Crippen LogP) is 1.41. The number of carbonyl (C=O) groups is 1. The third-order valence-corrected chi connectivity index (χ3v) is 4.72. The van der Waals surface area contributed by atoms with Gasteiger partial charge in [-0.15, -0.1) is 0 Å². The monoisotopic (exact) mass is 413 g/mol. The molecule has 9 nitrogen and oxygen atoms in total. The van der Waals surface area contributed by atoms with Gasteiger partial charge in [-0.1, -0.05) is 51.1 Å². The van der Waals surface area contributed by atoms with E-state index in [0.717, 1.165) is 19.3 Å². The van der Waals surface area contributed by atoms with Crippen molar-refractivity contribution in [3.63, 3.8) is 0 Å². The van der Waals surface area contributed by atoms with Gasteiger partial charge in [0.2, 0.25) is 0 Å². The van der Waals surface area contributed by atoms with Gasteiger partial charge >= 0.3 is 12.2 Å². The fourth-order valence-corrected chi connectivity index (χ4v) is 3.58. The molecule has 0 spiro atoms. The highest BCUT2D eigenvalue weighted by Gasteiger charge is 2.35. The average molecular weight is 413 g/mol. The van der Waals surface area contributed by atoms with Gasteiger partial charge in [-0.25, -0.2) is 4.79 Å². The maximum Gasteiger partial charge on any atom is 0.341 e. The van der Waals surface area contributed by atoms with Crippen LogP contribution in [0.4, 0.5) is 0 Å². The van der Waals surface area contributed by atoms with Gasteiger partial charge in [0.05, 0.1) is 11.5 Å². The Balaban J connectivity index is 0.000000396. The summed E-state index contributed by atoms with van der Waals surface area (Å²) >= 11 is 0. The van der Waals surface area contributed by atoms with E-state index in [-0.39, 0.29) is 11.5 Å². The minimum absolute atomic E-state index is 0.0837. The van der Waals surface area contributed by atoms with Crippen LogP contribution in [0.1, 0.15) is 51.7 Å². The third kappa shape index (κ3) is 8.45. The molecule has 0 aliphatic heterocycles. The largest absolute Gasteiger partial charge is 0.460 e. The molecule has 9 heteroatoms. The van der Waals surface area contributed by atoms with Crippen LogP contribution in [0.25, 0.3) is 0 Å². The zero-order chi connectivity index (χ0) is 22.2. The number of nitrogens with zero attached hydrogens (tertiary/aromatic N) is 1. The lowest BCUT2D eigenvalue weighted by Gasteiger charge is -2.38. The van der Waals surface area contributed by atoms with Gasteiger partial charge in [-0.3, -0.25) is 10.1 Å². The highest BCUT2D eigenvalue weighted by atomic mass is 16.7. The summed E-state index contributed by atoms with van der Waals surface area (Å²) in [5, 5.41) is 44.3. The molecule has 1 saturated carbocycles. The Morgan fingerprint density at radius 3 is 2.28 bits per heavy atom. The van der Waals surface area contributed by atoms with Gasteiger partial charge in [-0.2, -0.15) is 0 Å². The van der Waals surface area contributed by atoms with Crippen LogP contribution in [0.3, 0.4) is 0 Å². The predicted molar refractivity (Wildman–Crippen MR) is 104 cm³/mol. The number of aliphatic hydroxyl groups is 4. The number of nitro groups is 1. The lowest BCUT2D eigenvalue weighted by molar-refractivity contribution is -0.583. The third-order valence-electron chi connectivity index (χ3n) is 4.72. The first-order valence-corrected chi connectivity index (χ1v) is 9.51. The van der Waals surface area contributed by atoms with Crippen LogP contribution >= 0.6 is 0 Å². The van der Waals surface area contributed by atoms with Crippen molar-refractivity contribution in [3.05, 3.63) is 46.0 Å². The van der Waals surface area contributed by atoms with E-state index in [9.17, 15) is 20.0 Å². The van der Waals surface area contributed by atoms with Crippen LogP contribution in [0.15, 0.2) is 30.3 Å². The molecule has 5 atom stereocenters. The summed E-state index contributed by atoms with van der Waals surface area (Å²) in [6.07, 6.45) is -2.14. The second kappa shape index (κ2) is 11.2. The van der Waals surface area contributed by atoms with Gasteiger partial charge in [0.15, 0.2) is 12.2 Å². The van der Waals surface area contributed by atoms with Crippen LogP contribution in [0.2, 0.25) is 0 Å². The molecule has 0 heterocycles. The van der Waals surface area contributed by atoms with Gasteiger partial charge in [0, 0.05) is 0 Å². The molecule has 0 saturated heterocycles. The molecular formula is C20H31NO8. The van der Waals surface area contributed by atoms with Crippen molar-refractivity contribution < 1.29 is 34.9 Å². The maximum atomic E-state index is 12.1. The van der Waals surface area contributed by atoms with E-state index in [0.29, 0.717) is 11.5 Å². The first kappa shape index (κ1) is 25.0. The first-order chi connectivity index (χ1) is 13.5. The highest BCUT2D eigenvalue weighted by molar-refractivity contribution is 5.76. The summed E-state index contributed by atoms with van der Waals surface area (Å²) in [6.45, 7) is 5.78. The summed E-state index contributed by atoms with van der Waals surface area (Å²) in [7, 11) is 0. The van der Waals surface area contributed by atoms with Gasteiger partial charge in [-0.05, 0) is 36.2 Å². The fraction of sp³-hybridized carbons (Fsp3) is 0.650. The minimum Gasteiger partial charge on any atom is -0.460 e. The molecule has 1 aliphatic rings. The molecule has 1 aliphatic carbocycles. The summed E-state index contributed by atoms with van der Waals surface area (Å²) < 4.78 is 5.52. The normalized spacial score (nSPS) is 23.7. The topological polar surface area (TPSA) is 150 Å². The lowest BCUT2D eigenvalue weighted by atomic mass is 9.71. The molecule has 1 aromatic rings. The van der Waals surface area contributed by atoms with E-state index >= 15 is 0 Å². The number of ether oxygens (including phenoxy) is 1. The quantitative estimate of drug-likeness (QED) is 0.237. The highest BCUT2D eigenvalue weighted by Crippen LogP contribution is 2.40. The zero-order valence-corrected chi connectivity index (χ0v) is 17.0. The van der Waals surface area contributed by atoms with Crippen LogP contribution < -0.4 is 0 Å². The van der Waals surface area contributed by atoms with Crippen molar-refractivity contribution in [2.45, 2.75) is 64.6 Å². The van der Waals surface area contributed by atoms with Gasteiger partial charge in [0.25, 0.3) is 0 Å². The van der Waals surface area contributed by atoms with E-state index in [1.54, 1.807) is 24.3 Å². The zero-order valence-electron chi connectivity index (χ0n) is 17.0. The molecule has 1 aromatic carbocycles. The second-order valence-corrected chi connectivity index (χ2v) is 8.23. The molecular weight excluding hydrogens is 382 g/mol. The number of rotatable bonds is 6. The van der Waals surface area contributed by atoms with Crippen molar-refractivity contribution in [2.24, 2.45) is 11.3 Å². The summed E-state index contributed by atoms with van der Waals surface area (Å²) in [5.74, 6) is 0.0107. The summed E-state index contributed by atoms with van der Waals surface area (Å²) in [5.41, 5.74) is 0.779. The van der Waals surface area contributed by atoms with Crippen molar-refractivity contribution in [1.29, 1.82) is 0 Å². The maximum absolute atomic E-state index is 12.1. The number of carbonyl (C=O) groups excluding carboxylic acids is 1. The van der Waals surface area contributed by atoms with Crippen molar-refractivity contribution in [3.8, 4) is 0 Å². The molecule has 1 fully saturated rings. The fourth-order valence-electron chi connectivity index (χ4n) is 3.58. The van der Waals surface area contributed by atoms with E-state index < -0.39 is 35.9 Å². The Morgan fingerprint density at radius 1 is 1.24 bits per heavy atom. The van der Waals surface area contributed by atoms with Crippen LogP contribution in [0, 0.1) is 21.4 Å². The summed E-state index contributed by atoms with van der Waals surface area (Å²) in [6, 6.07) is 8.93. The Morgan fingerprint density at radius 2 is 1.83 bits per heavy atom. The SMILES string of the molecule is CC1CC(OC(=O)C(O)c2ccccc2)CC(C)(C)C1.O=[N+]([O-])C(O)C(O)CO. The first-order valence-electron chi connectivity index (χ1n) is 9.51. The summed E-state index contributed by atoms with van der Waals surface area (Å²) in [4.78, 5) is 20.6. The molecule has 0 amide bonds. The van der Waals surface area contributed by atoms with Crippen LogP contribution in [-0.4, -0.2) is 56.4 Å². The van der Waals surface area contributed by atoms with Crippen molar-refractivity contribution in [2.75, 3.05) is 6.61 Å². The van der Waals surface area contributed by atoms with Gasteiger partial charge in [0.1, 0.15) is 6.10 Å². The molecule has 164 valence electrons. The Hall–Kier alpha value is -2.07. The number of hydrogen-bond acceptors (Lipinski definition) is 8. The number of hydrogen-bond donors (Lipinski definition) is 4. The molecule has 0 bridgehead atoms. The van der Waals surface area contributed by atoms with E-state index in [1.807, 2.05) is 6.07 Å². The Labute approximate surface area is 170 Å². The second-order valence-electron chi connectivity index (χ2n) is 8.23. The van der Waals surface area contributed by atoms with Crippen molar-refractivity contribution in [1.82, 2.24) is 0 Å². The molecule has 0 radical (unpaired) electrons. The molecule has 5 unspecified atom stereocenters. The van der Waals surface area contributed by atoms with Crippen LogP contribution in [0.5, 0.6) is 0 Å². The molecule has 4 N–H and O–H groups in total. The molecule has 29 heavy (non-hydrogen) atoms. The van der Waals surface area contributed by atoms with Crippen LogP contribution in [-0.2, 0) is 9.53 Å². The average Bonchev–Trinajstić information content (AvgIpc) is 2.65. The minimum atomic E-state index is -2.09. The number of esters is 1. The van der Waals surface area contributed by atoms with E-state index in [4.69, 9.17) is 20.1 Å². The van der Waals surface area contributed by atoms with Gasteiger partial charge < -0.3 is 25.2 Å². The number of benzene rings is 1. The molecule has 2 rings (SSSR count). The smallest absolute Gasteiger partial charge is 0.341 e.